The van der Waals surface area contributed by atoms with Crippen LogP contribution in [0.1, 0.15) is 17.8 Å². The van der Waals surface area contributed by atoms with Crippen LogP contribution in [-0.2, 0) is 16.1 Å². The number of rotatable bonds is 4. The maximum absolute atomic E-state index is 5.85. The third kappa shape index (κ3) is 2.68. The van der Waals surface area contributed by atoms with E-state index in [1.807, 2.05) is 11.6 Å². The van der Waals surface area contributed by atoms with E-state index in [1.54, 1.807) is 11.3 Å². The molecule has 0 unspecified atom stereocenters. The number of nitrogens with zero attached hydrogens (tertiary/aromatic N) is 1. The van der Waals surface area contributed by atoms with Crippen molar-refractivity contribution in [3.05, 3.63) is 16.6 Å². The molecule has 1 N–H and O–H groups in total. The summed E-state index contributed by atoms with van der Waals surface area (Å²) in [7, 11) is 0. The third-order valence-electron chi connectivity index (χ3n) is 3.57. The molecule has 1 aromatic heterocycles. The lowest BCUT2D eigenvalue weighted by Gasteiger charge is -2.30. The van der Waals surface area contributed by atoms with Crippen LogP contribution >= 0.6 is 11.3 Å². The molecule has 1 aliphatic carbocycles. The van der Waals surface area contributed by atoms with Gasteiger partial charge >= 0.3 is 0 Å². The molecule has 2 heterocycles. The summed E-state index contributed by atoms with van der Waals surface area (Å²) in [5.74, 6) is 0.549. The van der Waals surface area contributed by atoms with Crippen molar-refractivity contribution in [1.82, 2.24) is 10.3 Å². The summed E-state index contributed by atoms with van der Waals surface area (Å²) in [5.41, 5.74) is 0. The van der Waals surface area contributed by atoms with Crippen molar-refractivity contribution in [2.24, 2.45) is 5.92 Å². The van der Waals surface area contributed by atoms with Crippen LogP contribution in [0.5, 0.6) is 0 Å². The molecule has 3 atom stereocenters. The quantitative estimate of drug-likeness (QED) is 0.882. The molecular formula is C12H18N2O2S. The molecular weight excluding hydrogens is 236 g/mol. The highest BCUT2D eigenvalue weighted by atomic mass is 32.1. The molecule has 1 aliphatic heterocycles. The fourth-order valence-corrected chi connectivity index (χ4v) is 3.31. The summed E-state index contributed by atoms with van der Waals surface area (Å²) in [5, 5.41) is 6.57. The topological polar surface area (TPSA) is 43.4 Å². The molecule has 2 fully saturated rings. The molecule has 1 saturated carbocycles. The summed E-state index contributed by atoms with van der Waals surface area (Å²) >= 11 is 1.65. The molecule has 4 nitrogen and oxygen atoms in total. The first-order valence-corrected chi connectivity index (χ1v) is 7.12. The van der Waals surface area contributed by atoms with Gasteiger partial charge in [0.05, 0.1) is 25.9 Å². The van der Waals surface area contributed by atoms with E-state index in [2.05, 4.69) is 10.3 Å². The lowest BCUT2D eigenvalue weighted by molar-refractivity contribution is -0.0399. The Bertz CT molecular complexity index is 344. The van der Waals surface area contributed by atoms with Gasteiger partial charge in [-0.15, -0.1) is 11.3 Å². The Kier molecular flexibility index (Phi) is 3.71. The largest absolute Gasteiger partial charge is 0.375 e. The molecule has 2 aliphatic rings. The van der Waals surface area contributed by atoms with Gasteiger partial charge in [0.2, 0.25) is 0 Å². The van der Waals surface area contributed by atoms with E-state index in [0.717, 1.165) is 24.8 Å². The van der Waals surface area contributed by atoms with Crippen LogP contribution in [0.2, 0.25) is 0 Å². The summed E-state index contributed by atoms with van der Waals surface area (Å²) < 4.78 is 11.6. The Morgan fingerprint density at radius 2 is 2.53 bits per heavy atom. The fraction of sp³-hybridized carbons (Fsp3) is 0.750. The monoisotopic (exact) mass is 254 g/mol. The number of nitrogens with one attached hydrogen (secondary N) is 1. The second-order valence-electron chi connectivity index (χ2n) is 4.67. The second-order valence-corrected chi connectivity index (χ2v) is 5.65. The number of morpholine rings is 1. The predicted molar refractivity (Wildman–Crippen MR) is 66.0 cm³/mol. The first-order chi connectivity index (χ1) is 8.43. The first-order valence-electron chi connectivity index (χ1n) is 6.24. The van der Waals surface area contributed by atoms with Gasteiger partial charge in [-0.2, -0.15) is 0 Å². The maximum atomic E-state index is 5.85. The Balaban J connectivity index is 1.46. The van der Waals surface area contributed by atoms with E-state index in [0.29, 0.717) is 24.7 Å². The molecule has 5 heteroatoms. The summed E-state index contributed by atoms with van der Waals surface area (Å²) in [6.07, 6.45) is 4.61. The molecule has 0 spiro atoms. The van der Waals surface area contributed by atoms with E-state index < -0.39 is 0 Å². The SMILES string of the molecule is c1csc(COC[C@@H]2CC[C@H]3NCCO[C@H]23)n1. The van der Waals surface area contributed by atoms with Gasteiger partial charge in [0.25, 0.3) is 0 Å². The highest BCUT2D eigenvalue weighted by Crippen LogP contribution is 2.30. The zero-order chi connectivity index (χ0) is 11.5. The molecule has 94 valence electrons. The van der Waals surface area contributed by atoms with Gasteiger partial charge in [-0.25, -0.2) is 4.98 Å². The van der Waals surface area contributed by atoms with Crippen LogP contribution in [-0.4, -0.2) is 36.9 Å². The minimum Gasteiger partial charge on any atom is -0.375 e. The highest BCUT2D eigenvalue weighted by Gasteiger charge is 2.38. The van der Waals surface area contributed by atoms with Gasteiger partial charge in [-0.05, 0) is 12.8 Å². The number of hydrogen-bond acceptors (Lipinski definition) is 5. The smallest absolute Gasteiger partial charge is 0.118 e. The average molecular weight is 254 g/mol. The Morgan fingerprint density at radius 1 is 1.53 bits per heavy atom. The molecule has 17 heavy (non-hydrogen) atoms. The van der Waals surface area contributed by atoms with Crippen LogP contribution in [0.15, 0.2) is 11.6 Å². The van der Waals surface area contributed by atoms with E-state index in [1.165, 1.54) is 12.8 Å². The van der Waals surface area contributed by atoms with Gasteiger partial charge in [0, 0.05) is 30.1 Å². The molecule has 1 saturated heterocycles. The molecule has 0 radical (unpaired) electrons. The maximum Gasteiger partial charge on any atom is 0.118 e. The first kappa shape index (κ1) is 11.6. The molecule has 1 aromatic rings. The van der Waals surface area contributed by atoms with E-state index in [4.69, 9.17) is 9.47 Å². The average Bonchev–Trinajstić information content (AvgIpc) is 2.99. The molecule has 0 bridgehead atoms. The van der Waals surface area contributed by atoms with E-state index >= 15 is 0 Å². The number of ether oxygens (including phenoxy) is 2. The summed E-state index contributed by atoms with van der Waals surface area (Å²) in [6.45, 7) is 3.26. The van der Waals surface area contributed by atoms with Crippen LogP contribution in [0.3, 0.4) is 0 Å². The minimum atomic E-state index is 0.361. The van der Waals surface area contributed by atoms with Gasteiger partial charge in [0.15, 0.2) is 0 Å². The van der Waals surface area contributed by atoms with Gasteiger partial charge in [-0.1, -0.05) is 0 Å². The van der Waals surface area contributed by atoms with Crippen LogP contribution in [0.4, 0.5) is 0 Å². The Labute approximate surface area is 105 Å². The fourth-order valence-electron chi connectivity index (χ4n) is 2.76. The zero-order valence-corrected chi connectivity index (χ0v) is 10.6. The van der Waals surface area contributed by atoms with Gasteiger partial charge in [0.1, 0.15) is 5.01 Å². The van der Waals surface area contributed by atoms with Crippen molar-refractivity contribution < 1.29 is 9.47 Å². The molecule has 3 rings (SSSR count). The van der Waals surface area contributed by atoms with Crippen LogP contribution in [0.25, 0.3) is 0 Å². The zero-order valence-electron chi connectivity index (χ0n) is 9.80. The molecule has 0 amide bonds. The van der Waals surface area contributed by atoms with Gasteiger partial charge < -0.3 is 14.8 Å². The van der Waals surface area contributed by atoms with Crippen molar-refractivity contribution in [1.29, 1.82) is 0 Å². The second kappa shape index (κ2) is 5.44. The summed E-state index contributed by atoms with van der Waals surface area (Å²) in [6, 6.07) is 0.553. The van der Waals surface area contributed by atoms with Crippen molar-refractivity contribution in [3.63, 3.8) is 0 Å². The van der Waals surface area contributed by atoms with Crippen molar-refractivity contribution in [2.45, 2.75) is 31.6 Å². The Hall–Kier alpha value is -0.490. The van der Waals surface area contributed by atoms with E-state index in [9.17, 15) is 0 Å². The molecule has 0 aromatic carbocycles. The van der Waals surface area contributed by atoms with Crippen molar-refractivity contribution in [2.75, 3.05) is 19.8 Å². The van der Waals surface area contributed by atoms with Gasteiger partial charge in [-0.3, -0.25) is 0 Å². The number of thiazole rings is 1. The van der Waals surface area contributed by atoms with E-state index in [-0.39, 0.29) is 0 Å². The predicted octanol–water partition coefficient (Wildman–Crippen LogP) is 1.43. The lowest BCUT2D eigenvalue weighted by Crippen LogP contribution is -2.47. The highest BCUT2D eigenvalue weighted by molar-refractivity contribution is 7.09. The standard InChI is InChI=1S/C12H18N2O2S/c1-2-10-12(16-5-3-13-10)9(1)7-15-8-11-14-4-6-17-11/h4,6,9-10,12-13H,1-3,5,7-8H2/t9-,10+,12+/m0/s1. The van der Waals surface area contributed by atoms with Crippen molar-refractivity contribution in [3.8, 4) is 0 Å². The van der Waals surface area contributed by atoms with Crippen LogP contribution in [0, 0.1) is 5.92 Å². The Morgan fingerprint density at radius 3 is 3.41 bits per heavy atom. The normalized spacial score (nSPS) is 32.6. The lowest BCUT2D eigenvalue weighted by atomic mass is 10.1. The van der Waals surface area contributed by atoms with Crippen LogP contribution < -0.4 is 5.32 Å². The summed E-state index contributed by atoms with van der Waals surface area (Å²) in [4.78, 5) is 4.21. The third-order valence-corrected chi connectivity index (χ3v) is 4.32. The number of hydrogen-bond donors (Lipinski definition) is 1. The van der Waals surface area contributed by atoms with Crippen molar-refractivity contribution >= 4 is 11.3 Å². The number of fused-ring (bicyclic) bond motifs is 1. The number of aromatic nitrogens is 1. The minimum absolute atomic E-state index is 0.361.